The number of para-hydroxylation sites is 2. The van der Waals surface area contributed by atoms with Crippen LogP contribution in [-0.4, -0.2) is 14.1 Å². The average Bonchev–Trinajstić information content (AvgIpc) is 3.96. The van der Waals surface area contributed by atoms with Crippen molar-refractivity contribution in [2.45, 2.75) is 0 Å². The van der Waals surface area contributed by atoms with E-state index in [2.05, 4.69) is 222 Å². The van der Waals surface area contributed by atoms with E-state index in [0.717, 1.165) is 22.6 Å². The van der Waals surface area contributed by atoms with Crippen molar-refractivity contribution >= 4 is 54.4 Å². The van der Waals surface area contributed by atoms with Crippen molar-refractivity contribution in [3.63, 3.8) is 0 Å². The topological polar surface area (TPSA) is 22.8 Å². The van der Waals surface area contributed by atoms with Crippen molar-refractivity contribution in [1.82, 2.24) is 14.1 Å². The van der Waals surface area contributed by atoms with Crippen LogP contribution in [0.3, 0.4) is 0 Å². The molecule has 278 valence electrons. The lowest BCUT2D eigenvalue weighted by Crippen LogP contribution is -1.95. The minimum atomic E-state index is 1.01. The molecule has 3 aromatic heterocycles. The molecule has 0 amide bonds. The first-order chi connectivity index (χ1) is 29.8. The summed E-state index contributed by atoms with van der Waals surface area (Å²) < 4.78 is 4.81. The van der Waals surface area contributed by atoms with Gasteiger partial charge in [0.1, 0.15) is 0 Å². The van der Waals surface area contributed by atoms with Crippen LogP contribution in [-0.2, 0) is 0 Å². The molecule has 0 unspecified atom stereocenters. The van der Waals surface area contributed by atoms with Crippen LogP contribution < -0.4 is 0 Å². The molecule has 3 nitrogen and oxygen atoms in total. The van der Waals surface area contributed by atoms with E-state index in [1.807, 2.05) is 0 Å². The summed E-state index contributed by atoms with van der Waals surface area (Å²) in [5.74, 6) is 0. The fourth-order valence-corrected chi connectivity index (χ4v) is 10.0. The van der Waals surface area contributed by atoms with Gasteiger partial charge in [-0.25, -0.2) is 0 Å². The number of aromatic nitrogens is 3. The molecule has 0 atom stereocenters. The Balaban J connectivity index is 0.922. The van der Waals surface area contributed by atoms with Crippen molar-refractivity contribution in [3.8, 4) is 67.1 Å². The predicted molar refractivity (Wildman–Crippen MR) is 251 cm³/mol. The van der Waals surface area contributed by atoms with Crippen molar-refractivity contribution in [2.24, 2.45) is 0 Å². The Bertz CT molecular complexity index is 3670. The molecule has 0 bridgehead atoms. The summed E-state index contributed by atoms with van der Waals surface area (Å²) in [4.78, 5) is 5.14. The van der Waals surface area contributed by atoms with Crippen LogP contribution in [0.25, 0.3) is 122 Å². The smallest absolute Gasteiger partial charge is 0.0781 e. The molecule has 3 heteroatoms. The molecule has 12 aromatic rings. The third kappa shape index (κ3) is 4.81. The van der Waals surface area contributed by atoms with Gasteiger partial charge < -0.3 is 9.13 Å². The summed E-state index contributed by atoms with van der Waals surface area (Å²) in [5.41, 5.74) is 19.0. The molecule has 0 spiro atoms. The maximum Gasteiger partial charge on any atom is 0.0781 e. The zero-order valence-electron chi connectivity index (χ0n) is 32.5. The number of hydrogen-bond acceptors (Lipinski definition) is 1. The van der Waals surface area contributed by atoms with Crippen LogP contribution in [0.1, 0.15) is 0 Å². The van der Waals surface area contributed by atoms with E-state index in [1.165, 1.54) is 98.9 Å². The fraction of sp³-hybridized carbons (Fsp3) is 0. The number of hydrogen-bond donors (Lipinski definition) is 0. The third-order valence-electron chi connectivity index (χ3n) is 12.7. The SMILES string of the molecule is c1ccc(-c2ccc(-n3c4ccccc4c4cc(-c5ccc6c(c5)c5ccccc5n6-c5cccc(-c6ncc7c8c(cccc68)-c6ccccc6-7)c5)ccc43)cc2)cc1. The minimum absolute atomic E-state index is 1.01. The fourth-order valence-electron chi connectivity index (χ4n) is 10.0. The molecule has 1 aliphatic rings. The molecule has 0 radical (unpaired) electrons. The molecule has 60 heavy (non-hydrogen) atoms. The van der Waals surface area contributed by atoms with Crippen molar-refractivity contribution in [1.29, 1.82) is 0 Å². The van der Waals surface area contributed by atoms with Crippen LogP contribution in [0.4, 0.5) is 0 Å². The van der Waals surface area contributed by atoms with E-state index in [-0.39, 0.29) is 0 Å². The molecule has 3 heterocycles. The molecule has 13 rings (SSSR count). The highest BCUT2D eigenvalue weighted by Gasteiger charge is 2.23. The number of nitrogens with zero attached hydrogens (tertiary/aromatic N) is 3. The summed E-state index contributed by atoms with van der Waals surface area (Å²) in [6, 6.07) is 75.2. The van der Waals surface area contributed by atoms with E-state index in [9.17, 15) is 0 Å². The second-order valence-electron chi connectivity index (χ2n) is 15.9. The normalized spacial score (nSPS) is 12.0. The minimum Gasteiger partial charge on any atom is -0.309 e. The van der Waals surface area contributed by atoms with Gasteiger partial charge in [0.25, 0.3) is 0 Å². The van der Waals surface area contributed by atoms with Crippen LogP contribution in [0.5, 0.6) is 0 Å². The molecule has 1 aliphatic carbocycles. The number of benzene rings is 9. The van der Waals surface area contributed by atoms with E-state index in [4.69, 9.17) is 4.98 Å². The standard InChI is InChI=1S/C57H35N3/c1-2-12-36(13-3-1)37-24-28-41(29-25-37)59-52-22-8-6-18-45(52)49-33-38(26-30-54(49)59)39-27-31-55-50(34-39)46-19-7-9-23-53(46)60(55)42-15-10-14-40(32-42)57-48-21-11-20-47-43-16-4-5-17-44(43)51(35-58-57)56(47)48/h1-35H. The molecule has 0 fully saturated rings. The van der Waals surface area contributed by atoms with Crippen LogP contribution >= 0.6 is 0 Å². The molecular formula is C57H35N3. The first kappa shape index (κ1) is 33.0. The first-order valence-electron chi connectivity index (χ1n) is 20.6. The Hall–Kier alpha value is -8.01. The molecule has 9 aromatic carbocycles. The van der Waals surface area contributed by atoms with Gasteiger partial charge in [-0.3, -0.25) is 4.98 Å². The van der Waals surface area contributed by atoms with Crippen molar-refractivity contribution < 1.29 is 0 Å². The Morgan fingerprint density at radius 2 is 0.783 bits per heavy atom. The molecule has 0 N–H and O–H groups in total. The lowest BCUT2D eigenvalue weighted by atomic mass is 9.99. The Morgan fingerprint density at radius 3 is 1.48 bits per heavy atom. The molecule has 0 aliphatic heterocycles. The second kappa shape index (κ2) is 12.7. The van der Waals surface area contributed by atoms with Gasteiger partial charge in [0.2, 0.25) is 0 Å². The van der Waals surface area contributed by atoms with Crippen LogP contribution in [0, 0.1) is 0 Å². The van der Waals surface area contributed by atoms with Gasteiger partial charge in [0.05, 0.1) is 27.8 Å². The maximum absolute atomic E-state index is 5.14. The van der Waals surface area contributed by atoms with Gasteiger partial charge in [-0.2, -0.15) is 0 Å². The summed E-state index contributed by atoms with van der Waals surface area (Å²) in [6.07, 6.45) is 2.07. The highest BCUT2D eigenvalue weighted by atomic mass is 15.0. The zero-order chi connectivity index (χ0) is 39.3. The van der Waals surface area contributed by atoms with Gasteiger partial charge in [-0.1, -0.05) is 146 Å². The quantitative estimate of drug-likeness (QED) is 0.171. The highest BCUT2D eigenvalue weighted by Crippen LogP contribution is 2.48. The first-order valence-corrected chi connectivity index (χ1v) is 20.6. The van der Waals surface area contributed by atoms with E-state index >= 15 is 0 Å². The van der Waals surface area contributed by atoms with Crippen LogP contribution in [0.15, 0.2) is 212 Å². The highest BCUT2D eigenvalue weighted by molar-refractivity contribution is 6.18. The third-order valence-corrected chi connectivity index (χ3v) is 12.7. The number of fused-ring (bicyclic) bond motifs is 9. The van der Waals surface area contributed by atoms with Gasteiger partial charge in [0, 0.05) is 61.0 Å². The monoisotopic (exact) mass is 761 g/mol. The van der Waals surface area contributed by atoms with Gasteiger partial charge in [-0.15, -0.1) is 0 Å². The zero-order valence-corrected chi connectivity index (χ0v) is 32.5. The summed E-state index contributed by atoms with van der Waals surface area (Å²) in [5, 5.41) is 7.44. The van der Waals surface area contributed by atoms with Gasteiger partial charge in [0.15, 0.2) is 0 Å². The van der Waals surface area contributed by atoms with Gasteiger partial charge >= 0.3 is 0 Å². The Labute approximate surface area is 346 Å². The van der Waals surface area contributed by atoms with E-state index in [0.29, 0.717) is 0 Å². The summed E-state index contributed by atoms with van der Waals surface area (Å²) >= 11 is 0. The number of rotatable bonds is 5. The van der Waals surface area contributed by atoms with Gasteiger partial charge in [-0.05, 0) is 99.6 Å². The maximum atomic E-state index is 5.14. The van der Waals surface area contributed by atoms with Crippen molar-refractivity contribution in [2.75, 3.05) is 0 Å². The van der Waals surface area contributed by atoms with E-state index in [1.54, 1.807) is 0 Å². The van der Waals surface area contributed by atoms with E-state index < -0.39 is 0 Å². The summed E-state index contributed by atoms with van der Waals surface area (Å²) in [6.45, 7) is 0. The predicted octanol–water partition coefficient (Wildman–Crippen LogP) is 15.1. The van der Waals surface area contributed by atoms with Crippen molar-refractivity contribution in [3.05, 3.63) is 212 Å². The molecular weight excluding hydrogens is 727 g/mol. The Morgan fingerprint density at radius 1 is 0.283 bits per heavy atom. The lowest BCUT2D eigenvalue weighted by Gasteiger charge is -2.12. The second-order valence-corrected chi connectivity index (χ2v) is 15.9. The van der Waals surface area contributed by atoms with Crippen LogP contribution in [0.2, 0.25) is 0 Å². The lowest BCUT2D eigenvalue weighted by molar-refractivity contribution is 1.18. The largest absolute Gasteiger partial charge is 0.309 e. The Kier molecular flexibility index (Phi) is 7.01. The molecule has 0 saturated carbocycles. The summed E-state index contributed by atoms with van der Waals surface area (Å²) in [7, 11) is 0. The average molecular weight is 762 g/mol. The molecule has 0 saturated heterocycles. The number of pyridine rings is 1.